The van der Waals surface area contributed by atoms with Crippen molar-refractivity contribution in [2.45, 2.75) is 46.5 Å². The Hall–Kier alpha value is -2.29. The zero-order chi connectivity index (χ0) is 18.1. The zero-order valence-electron chi connectivity index (χ0n) is 15.6. The fourth-order valence-corrected chi connectivity index (χ4v) is 2.82. The Balaban J connectivity index is 1.69. The van der Waals surface area contributed by atoms with E-state index in [9.17, 15) is 4.79 Å². The molecule has 0 fully saturated rings. The van der Waals surface area contributed by atoms with E-state index >= 15 is 0 Å². The van der Waals surface area contributed by atoms with Crippen LogP contribution in [0.2, 0.25) is 0 Å². The second kappa shape index (κ2) is 9.87. The molecule has 0 spiro atoms. The predicted molar refractivity (Wildman–Crippen MR) is 103 cm³/mol. The minimum atomic E-state index is 0.122. The lowest BCUT2D eigenvalue weighted by molar-refractivity contribution is -0.121. The van der Waals surface area contributed by atoms with Crippen molar-refractivity contribution in [3.63, 3.8) is 0 Å². The maximum Gasteiger partial charge on any atom is 0.220 e. The van der Waals surface area contributed by atoms with Crippen molar-refractivity contribution in [2.24, 2.45) is 0 Å². The quantitative estimate of drug-likeness (QED) is 0.688. The highest BCUT2D eigenvalue weighted by Crippen LogP contribution is 2.19. The second-order valence-electron chi connectivity index (χ2n) is 6.41. The van der Waals surface area contributed by atoms with Gasteiger partial charge in [-0.1, -0.05) is 36.4 Å². The molecule has 25 heavy (non-hydrogen) atoms. The summed E-state index contributed by atoms with van der Waals surface area (Å²) >= 11 is 0. The number of nitrogens with one attached hydrogen (secondary N) is 1. The van der Waals surface area contributed by atoms with E-state index in [1.54, 1.807) is 0 Å². The normalized spacial score (nSPS) is 10.5. The van der Waals surface area contributed by atoms with Crippen molar-refractivity contribution in [1.82, 2.24) is 5.32 Å². The van der Waals surface area contributed by atoms with E-state index in [1.807, 2.05) is 25.1 Å². The van der Waals surface area contributed by atoms with Gasteiger partial charge in [-0.15, -0.1) is 0 Å². The Labute approximate surface area is 151 Å². The third kappa shape index (κ3) is 6.26. The van der Waals surface area contributed by atoms with Crippen LogP contribution in [-0.2, 0) is 17.6 Å². The number of para-hydroxylation sites is 1. The molecule has 3 heteroatoms. The highest BCUT2D eigenvalue weighted by Gasteiger charge is 2.05. The average molecular weight is 339 g/mol. The molecule has 2 aromatic rings. The van der Waals surface area contributed by atoms with Crippen LogP contribution in [0.5, 0.6) is 5.75 Å². The Morgan fingerprint density at radius 3 is 2.60 bits per heavy atom. The van der Waals surface area contributed by atoms with E-state index in [2.05, 4.69) is 43.4 Å². The Morgan fingerprint density at radius 1 is 1.04 bits per heavy atom. The van der Waals surface area contributed by atoms with Gasteiger partial charge in [0.25, 0.3) is 0 Å². The number of rotatable bonds is 9. The van der Waals surface area contributed by atoms with E-state index in [-0.39, 0.29) is 5.91 Å². The molecule has 0 saturated heterocycles. The molecule has 0 atom stereocenters. The number of carbonyl (C=O) groups excluding carboxylic acids is 1. The molecule has 0 aromatic heterocycles. The molecule has 0 bridgehead atoms. The molecule has 0 aliphatic rings. The third-order valence-corrected chi connectivity index (χ3v) is 4.43. The van der Waals surface area contributed by atoms with Crippen molar-refractivity contribution < 1.29 is 9.53 Å². The van der Waals surface area contributed by atoms with Crippen LogP contribution in [0, 0.1) is 13.8 Å². The van der Waals surface area contributed by atoms with E-state index in [1.165, 1.54) is 22.3 Å². The topological polar surface area (TPSA) is 38.3 Å². The molecule has 0 aliphatic carbocycles. The van der Waals surface area contributed by atoms with Crippen LogP contribution in [0.1, 0.15) is 42.0 Å². The molecule has 0 heterocycles. The van der Waals surface area contributed by atoms with Crippen molar-refractivity contribution >= 4 is 5.91 Å². The van der Waals surface area contributed by atoms with E-state index < -0.39 is 0 Å². The number of benzene rings is 2. The summed E-state index contributed by atoms with van der Waals surface area (Å²) in [5, 5.41) is 3.02. The molecule has 0 saturated carbocycles. The molecular weight excluding hydrogens is 310 g/mol. The van der Waals surface area contributed by atoms with Gasteiger partial charge in [0.05, 0.1) is 6.61 Å². The first-order chi connectivity index (χ1) is 12.1. The van der Waals surface area contributed by atoms with Gasteiger partial charge in [0.1, 0.15) is 5.75 Å². The van der Waals surface area contributed by atoms with Gasteiger partial charge in [-0.2, -0.15) is 0 Å². The lowest BCUT2D eigenvalue weighted by atomic mass is 10.0. The Morgan fingerprint density at radius 2 is 1.84 bits per heavy atom. The summed E-state index contributed by atoms with van der Waals surface area (Å²) in [7, 11) is 0. The van der Waals surface area contributed by atoms with Gasteiger partial charge in [0.2, 0.25) is 5.91 Å². The molecule has 1 amide bonds. The van der Waals surface area contributed by atoms with Crippen LogP contribution in [0.25, 0.3) is 0 Å². The van der Waals surface area contributed by atoms with Crippen LogP contribution in [-0.4, -0.2) is 19.1 Å². The fraction of sp³-hybridized carbons (Fsp3) is 0.409. The van der Waals surface area contributed by atoms with Gasteiger partial charge >= 0.3 is 0 Å². The summed E-state index contributed by atoms with van der Waals surface area (Å²) < 4.78 is 5.63. The highest BCUT2D eigenvalue weighted by atomic mass is 16.5. The van der Waals surface area contributed by atoms with Crippen molar-refractivity contribution in [3.8, 4) is 5.75 Å². The predicted octanol–water partition coefficient (Wildman–Crippen LogP) is 4.38. The van der Waals surface area contributed by atoms with Crippen LogP contribution in [0.15, 0.2) is 42.5 Å². The smallest absolute Gasteiger partial charge is 0.220 e. The Kier molecular flexibility index (Phi) is 7.52. The first kappa shape index (κ1) is 19.0. The summed E-state index contributed by atoms with van der Waals surface area (Å²) in [5.41, 5.74) is 5.00. The average Bonchev–Trinajstić information content (AvgIpc) is 2.61. The lowest BCUT2D eigenvalue weighted by Crippen LogP contribution is -2.25. The number of ether oxygens (including phenoxy) is 1. The summed E-state index contributed by atoms with van der Waals surface area (Å²) in [5.74, 6) is 1.07. The van der Waals surface area contributed by atoms with Gasteiger partial charge < -0.3 is 10.1 Å². The van der Waals surface area contributed by atoms with Crippen LogP contribution < -0.4 is 10.1 Å². The standard InChI is InChI=1S/C22H29NO2/c1-4-25-21-10-6-5-8-20(21)9-7-15-23-22(24)14-13-19-12-11-17(2)18(3)16-19/h5-6,8,10-12,16H,4,7,9,13-15H2,1-3H3,(H,23,24). The second-order valence-corrected chi connectivity index (χ2v) is 6.41. The first-order valence-corrected chi connectivity index (χ1v) is 9.13. The van der Waals surface area contributed by atoms with Gasteiger partial charge in [-0.25, -0.2) is 0 Å². The van der Waals surface area contributed by atoms with E-state index in [4.69, 9.17) is 4.74 Å². The minimum absolute atomic E-state index is 0.122. The van der Waals surface area contributed by atoms with Crippen molar-refractivity contribution in [3.05, 3.63) is 64.7 Å². The molecule has 2 aromatic carbocycles. The molecule has 0 radical (unpaired) electrons. The number of amides is 1. The van der Waals surface area contributed by atoms with E-state index in [0.29, 0.717) is 19.6 Å². The van der Waals surface area contributed by atoms with E-state index in [0.717, 1.165) is 25.0 Å². The summed E-state index contributed by atoms with van der Waals surface area (Å²) in [6.45, 7) is 7.58. The van der Waals surface area contributed by atoms with Gasteiger partial charge in [0.15, 0.2) is 0 Å². The summed E-state index contributed by atoms with van der Waals surface area (Å²) in [4.78, 5) is 12.0. The SMILES string of the molecule is CCOc1ccccc1CCCNC(=O)CCc1ccc(C)c(C)c1. The molecular formula is C22H29NO2. The number of hydrogen-bond acceptors (Lipinski definition) is 2. The zero-order valence-corrected chi connectivity index (χ0v) is 15.6. The summed E-state index contributed by atoms with van der Waals surface area (Å²) in [6.07, 6.45) is 3.16. The number of aryl methyl sites for hydroxylation is 4. The van der Waals surface area contributed by atoms with Crippen molar-refractivity contribution in [2.75, 3.05) is 13.2 Å². The maximum absolute atomic E-state index is 12.0. The minimum Gasteiger partial charge on any atom is -0.494 e. The van der Waals surface area contributed by atoms with Crippen LogP contribution in [0.4, 0.5) is 0 Å². The summed E-state index contributed by atoms with van der Waals surface area (Å²) in [6, 6.07) is 14.5. The maximum atomic E-state index is 12.0. The molecule has 3 nitrogen and oxygen atoms in total. The number of carbonyl (C=O) groups is 1. The van der Waals surface area contributed by atoms with Gasteiger partial charge in [-0.05, 0) is 68.4 Å². The van der Waals surface area contributed by atoms with Crippen LogP contribution in [0.3, 0.4) is 0 Å². The van der Waals surface area contributed by atoms with Crippen molar-refractivity contribution in [1.29, 1.82) is 0 Å². The first-order valence-electron chi connectivity index (χ1n) is 9.13. The Bertz CT molecular complexity index is 694. The van der Waals surface area contributed by atoms with Gasteiger partial charge in [0, 0.05) is 13.0 Å². The third-order valence-electron chi connectivity index (χ3n) is 4.43. The molecule has 1 N–H and O–H groups in total. The molecule has 134 valence electrons. The fourth-order valence-electron chi connectivity index (χ4n) is 2.82. The highest BCUT2D eigenvalue weighted by molar-refractivity contribution is 5.76. The molecule has 0 unspecified atom stereocenters. The monoisotopic (exact) mass is 339 g/mol. The molecule has 0 aliphatic heterocycles. The number of hydrogen-bond donors (Lipinski definition) is 1. The lowest BCUT2D eigenvalue weighted by Gasteiger charge is -2.10. The molecule has 2 rings (SSSR count). The van der Waals surface area contributed by atoms with Crippen LogP contribution >= 0.6 is 0 Å². The van der Waals surface area contributed by atoms with Gasteiger partial charge in [-0.3, -0.25) is 4.79 Å². The largest absolute Gasteiger partial charge is 0.494 e.